The maximum atomic E-state index is 6.04. The molecule has 2 aromatic heterocycles. The quantitative estimate of drug-likeness (QED) is 0.690. The van der Waals surface area contributed by atoms with E-state index in [0.717, 1.165) is 48.7 Å². The second kappa shape index (κ2) is 7.01. The molecular weight excluding hydrogens is 332 g/mol. The number of pyridine rings is 1. The zero-order valence-corrected chi connectivity index (χ0v) is 14.5. The van der Waals surface area contributed by atoms with Crippen molar-refractivity contribution in [3.63, 3.8) is 0 Å². The first-order valence-electron chi connectivity index (χ1n) is 8.38. The van der Waals surface area contributed by atoms with Gasteiger partial charge in [0.1, 0.15) is 23.7 Å². The van der Waals surface area contributed by atoms with Gasteiger partial charge in [-0.1, -0.05) is 0 Å². The van der Waals surface area contributed by atoms with Gasteiger partial charge in [0.05, 0.1) is 31.5 Å². The van der Waals surface area contributed by atoms with E-state index in [-0.39, 0.29) is 0 Å². The summed E-state index contributed by atoms with van der Waals surface area (Å²) in [5.41, 5.74) is 8.25. The van der Waals surface area contributed by atoms with Crippen molar-refractivity contribution in [2.45, 2.75) is 0 Å². The number of nitrogens with two attached hydrogens (primary N) is 1. The number of rotatable bonds is 4. The molecule has 8 nitrogen and oxygen atoms in total. The summed E-state index contributed by atoms with van der Waals surface area (Å²) in [5, 5.41) is 4.17. The largest absolute Gasteiger partial charge is 0.495 e. The molecule has 1 aromatic carbocycles. The topological polar surface area (TPSA) is 98.4 Å². The van der Waals surface area contributed by atoms with E-state index >= 15 is 0 Å². The lowest BCUT2D eigenvalue weighted by molar-refractivity contribution is 0.122. The van der Waals surface area contributed by atoms with Gasteiger partial charge in [0, 0.05) is 42.5 Å². The molecule has 1 aliphatic heterocycles. The predicted octanol–water partition coefficient (Wildman–Crippen LogP) is 2.20. The number of aromatic nitrogens is 3. The van der Waals surface area contributed by atoms with Gasteiger partial charge in [0.2, 0.25) is 0 Å². The summed E-state index contributed by atoms with van der Waals surface area (Å²) < 4.78 is 10.7. The van der Waals surface area contributed by atoms with Gasteiger partial charge in [-0.05, 0) is 12.1 Å². The standard InChI is InChI=1S/C18H20N6O2/c1-25-16-10-15-13(9-14(16)19)18(22-11-21-15)23-12-2-3-20-17(8-12)24-4-6-26-7-5-24/h2-3,8-11H,4-7,19H2,1H3,(H,20,21,22,23). The van der Waals surface area contributed by atoms with Gasteiger partial charge in [0.25, 0.3) is 0 Å². The van der Waals surface area contributed by atoms with Gasteiger partial charge in [-0.15, -0.1) is 0 Å². The number of morpholine rings is 1. The summed E-state index contributed by atoms with van der Waals surface area (Å²) in [6.07, 6.45) is 3.30. The van der Waals surface area contributed by atoms with Crippen molar-refractivity contribution in [3.8, 4) is 5.75 Å². The van der Waals surface area contributed by atoms with Crippen molar-refractivity contribution in [1.82, 2.24) is 15.0 Å². The summed E-state index contributed by atoms with van der Waals surface area (Å²) >= 11 is 0. The molecule has 3 aromatic rings. The number of methoxy groups -OCH3 is 1. The number of fused-ring (bicyclic) bond motifs is 1. The van der Waals surface area contributed by atoms with Crippen LogP contribution in [-0.4, -0.2) is 48.4 Å². The van der Waals surface area contributed by atoms with Crippen LogP contribution in [0.3, 0.4) is 0 Å². The normalized spacial score (nSPS) is 14.4. The summed E-state index contributed by atoms with van der Waals surface area (Å²) in [7, 11) is 1.59. The predicted molar refractivity (Wildman–Crippen MR) is 101 cm³/mol. The van der Waals surface area contributed by atoms with E-state index in [0.29, 0.717) is 17.3 Å². The minimum Gasteiger partial charge on any atom is -0.495 e. The minimum atomic E-state index is 0.543. The molecule has 0 bridgehead atoms. The Morgan fingerprint density at radius 1 is 1.15 bits per heavy atom. The van der Waals surface area contributed by atoms with Crippen LogP contribution in [-0.2, 0) is 4.74 Å². The van der Waals surface area contributed by atoms with Crippen molar-refractivity contribution >= 4 is 33.9 Å². The number of ether oxygens (including phenoxy) is 2. The lowest BCUT2D eigenvalue weighted by Crippen LogP contribution is -2.36. The van der Waals surface area contributed by atoms with Gasteiger partial charge in [-0.25, -0.2) is 15.0 Å². The zero-order valence-electron chi connectivity index (χ0n) is 14.5. The summed E-state index contributed by atoms with van der Waals surface area (Å²) in [6, 6.07) is 7.54. The maximum absolute atomic E-state index is 6.04. The fourth-order valence-electron chi connectivity index (χ4n) is 2.98. The number of benzene rings is 1. The van der Waals surface area contributed by atoms with E-state index in [1.54, 1.807) is 13.3 Å². The molecule has 0 unspecified atom stereocenters. The molecule has 8 heteroatoms. The van der Waals surface area contributed by atoms with Crippen LogP contribution in [0.2, 0.25) is 0 Å². The Bertz CT molecular complexity index is 927. The fourth-order valence-corrected chi connectivity index (χ4v) is 2.98. The molecule has 1 fully saturated rings. The van der Waals surface area contributed by atoms with Gasteiger partial charge >= 0.3 is 0 Å². The third kappa shape index (κ3) is 3.18. The molecule has 26 heavy (non-hydrogen) atoms. The van der Waals surface area contributed by atoms with Crippen LogP contribution in [0.1, 0.15) is 0 Å². The number of anilines is 4. The van der Waals surface area contributed by atoms with Crippen LogP contribution in [0.4, 0.5) is 23.0 Å². The number of nitrogens with one attached hydrogen (secondary N) is 1. The van der Waals surface area contributed by atoms with Crippen LogP contribution in [0.15, 0.2) is 36.8 Å². The lowest BCUT2D eigenvalue weighted by Gasteiger charge is -2.28. The highest BCUT2D eigenvalue weighted by Gasteiger charge is 2.13. The molecule has 134 valence electrons. The number of hydrogen-bond acceptors (Lipinski definition) is 8. The first-order chi connectivity index (χ1) is 12.7. The van der Waals surface area contributed by atoms with Crippen molar-refractivity contribution < 1.29 is 9.47 Å². The molecule has 1 saturated heterocycles. The van der Waals surface area contributed by atoms with Crippen molar-refractivity contribution in [1.29, 1.82) is 0 Å². The number of nitrogens with zero attached hydrogens (tertiary/aromatic N) is 4. The summed E-state index contributed by atoms with van der Waals surface area (Å²) in [6.45, 7) is 3.11. The van der Waals surface area contributed by atoms with Crippen molar-refractivity contribution in [2.24, 2.45) is 0 Å². The van der Waals surface area contributed by atoms with Gasteiger partial charge in [0.15, 0.2) is 0 Å². The second-order valence-corrected chi connectivity index (χ2v) is 5.96. The van der Waals surface area contributed by atoms with Gasteiger partial charge in [-0.3, -0.25) is 0 Å². The van der Waals surface area contributed by atoms with Gasteiger partial charge in [-0.2, -0.15) is 0 Å². The average molecular weight is 352 g/mol. The SMILES string of the molecule is COc1cc2ncnc(Nc3ccnc(N4CCOCC4)c3)c2cc1N. The molecule has 1 aliphatic rings. The van der Waals surface area contributed by atoms with E-state index in [1.165, 1.54) is 6.33 Å². The summed E-state index contributed by atoms with van der Waals surface area (Å²) in [5.74, 6) is 2.20. The van der Waals surface area contributed by atoms with E-state index in [4.69, 9.17) is 15.2 Å². The molecule has 0 aliphatic carbocycles. The Morgan fingerprint density at radius 2 is 2.00 bits per heavy atom. The molecule has 3 N–H and O–H groups in total. The monoisotopic (exact) mass is 352 g/mol. The van der Waals surface area contributed by atoms with E-state index in [9.17, 15) is 0 Å². The lowest BCUT2D eigenvalue weighted by atomic mass is 10.2. The third-order valence-electron chi connectivity index (χ3n) is 4.33. The highest BCUT2D eigenvalue weighted by atomic mass is 16.5. The van der Waals surface area contributed by atoms with Crippen LogP contribution < -0.4 is 20.7 Å². The first kappa shape index (κ1) is 16.3. The molecule has 0 radical (unpaired) electrons. The van der Waals surface area contributed by atoms with Crippen LogP contribution in [0, 0.1) is 0 Å². The maximum Gasteiger partial charge on any atom is 0.143 e. The highest BCUT2D eigenvalue weighted by Crippen LogP contribution is 2.31. The minimum absolute atomic E-state index is 0.543. The van der Waals surface area contributed by atoms with Crippen molar-refractivity contribution in [3.05, 3.63) is 36.8 Å². The third-order valence-corrected chi connectivity index (χ3v) is 4.33. The smallest absolute Gasteiger partial charge is 0.143 e. The first-order valence-corrected chi connectivity index (χ1v) is 8.38. The molecule has 4 rings (SSSR count). The number of hydrogen-bond donors (Lipinski definition) is 2. The molecule has 3 heterocycles. The Kier molecular flexibility index (Phi) is 4.40. The van der Waals surface area contributed by atoms with Gasteiger partial charge < -0.3 is 25.4 Å². The molecule has 0 amide bonds. The molecule has 0 saturated carbocycles. The van der Waals surface area contributed by atoms with Crippen molar-refractivity contribution in [2.75, 3.05) is 49.4 Å². The Labute approximate surface area is 151 Å². The van der Waals surface area contributed by atoms with E-state index in [1.807, 2.05) is 24.3 Å². The molecule has 0 spiro atoms. The second-order valence-electron chi connectivity index (χ2n) is 5.96. The number of nitrogen functional groups attached to an aromatic ring is 1. The van der Waals surface area contributed by atoms with E-state index < -0.39 is 0 Å². The van der Waals surface area contributed by atoms with Crippen LogP contribution in [0.5, 0.6) is 5.75 Å². The molecular formula is C18H20N6O2. The Hall–Kier alpha value is -3.13. The zero-order chi connectivity index (χ0) is 17.9. The van der Waals surface area contributed by atoms with Crippen LogP contribution in [0.25, 0.3) is 10.9 Å². The Morgan fingerprint density at radius 3 is 2.81 bits per heavy atom. The average Bonchev–Trinajstić information content (AvgIpc) is 2.69. The fraction of sp³-hybridized carbons (Fsp3) is 0.278. The summed E-state index contributed by atoms with van der Waals surface area (Å²) in [4.78, 5) is 15.3. The highest BCUT2D eigenvalue weighted by molar-refractivity contribution is 5.94. The van der Waals surface area contributed by atoms with E-state index in [2.05, 4.69) is 25.2 Å². The Balaban J connectivity index is 1.66. The molecule has 0 atom stereocenters. The van der Waals surface area contributed by atoms with Crippen LogP contribution >= 0.6 is 0 Å².